The van der Waals surface area contributed by atoms with E-state index in [4.69, 9.17) is 5.73 Å². The van der Waals surface area contributed by atoms with Crippen LogP contribution in [0.25, 0.3) is 0 Å². The second kappa shape index (κ2) is 4.64. The number of hydrogen-bond acceptors (Lipinski definition) is 3. The quantitative estimate of drug-likeness (QED) is 0.799. The Morgan fingerprint density at radius 3 is 2.40 bits per heavy atom. The van der Waals surface area contributed by atoms with E-state index >= 15 is 0 Å². The van der Waals surface area contributed by atoms with Gasteiger partial charge in [0.1, 0.15) is 0 Å². The van der Waals surface area contributed by atoms with Crippen molar-refractivity contribution in [2.24, 2.45) is 17.6 Å². The molecule has 1 saturated carbocycles. The first-order valence-corrected chi connectivity index (χ1v) is 7.36. The van der Waals surface area contributed by atoms with Crippen molar-refractivity contribution < 1.29 is 0 Å². The van der Waals surface area contributed by atoms with Crippen LogP contribution in [0.5, 0.6) is 0 Å². The highest BCUT2D eigenvalue weighted by atomic mass is 32.2. The summed E-state index contributed by atoms with van der Waals surface area (Å²) in [4.78, 5) is 2.67. The lowest BCUT2D eigenvalue weighted by Crippen LogP contribution is -2.64. The molecule has 0 aromatic carbocycles. The van der Waals surface area contributed by atoms with E-state index in [9.17, 15) is 0 Å². The lowest BCUT2D eigenvalue weighted by atomic mass is 9.63. The van der Waals surface area contributed by atoms with Crippen LogP contribution in [0.2, 0.25) is 0 Å². The fourth-order valence-corrected chi connectivity index (χ4v) is 3.88. The Labute approximate surface area is 98.0 Å². The molecule has 1 saturated heterocycles. The largest absolute Gasteiger partial charge is 0.329 e. The molecule has 0 atom stereocenters. The third-order valence-corrected chi connectivity index (χ3v) is 5.23. The summed E-state index contributed by atoms with van der Waals surface area (Å²) in [6.07, 6.45) is 2.68. The van der Waals surface area contributed by atoms with Gasteiger partial charge in [-0.1, -0.05) is 13.8 Å². The van der Waals surface area contributed by atoms with Gasteiger partial charge < -0.3 is 5.73 Å². The molecule has 2 rings (SSSR count). The van der Waals surface area contributed by atoms with E-state index in [2.05, 4.69) is 30.5 Å². The molecule has 2 nitrogen and oxygen atoms in total. The van der Waals surface area contributed by atoms with Crippen molar-refractivity contribution in [3.63, 3.8) is 0 Å². The van der Waals surface area contributed by atoms with Gasteiger partial charge in [0, 0.05) is 36.7 Å². The van der Waals surface area contributed by atoms with E-state index in [0.29, 0.717) is 5.54 Å². The molecule has 2 N–H and O–H groups in total. The summed E-state index contributed by atoms with van der Waals surface area (Å²) in [5, 5.41) is 0. The standard InChI is InChI=1S/C12H24N2S/c1-10(2)11-7-12(8-11,9-13)14-3-5-15-6-4-14/h10-11H,3-9,13H2,1-2H3. The number of hydrogen-bond donors (Lipinski definition) is 1. The fourth-order valence-electron chi connectivity index (χ4n) is 2.98. The van der Waals surface area contributed by atoms with E-state index in [1.165, 1.54) is 37.4 Å². The van der Waals surface area contributed by atoms with Crippen LogP contribution in [0, 0.1) is 11.8 Å². The highest BCUT2D eigenvalue weighted by molar-refractivity contribution is 7.99. The van der Waals surface area contributed by atoms with Crippen molar-refractivity contribution >= 4 is 11.8 Å². The fraction of sp³-hybridized carbons (Fsp3) is 1.00. The average molecular weight is 228 g/mol. The molecule has 0 aromatic rings. The van der Waals surface area contributed by atoms with Crippen LogP contribution in [0.1, 0.15) is 26.7 Å². The minimum Gasteiger partial charge on any atom is -0.329 e. The Bertz CT molecular complexity index is 206. The van der Waals surface area contributed by atoms with Crippen LogP contribution in [0.4, 0.5) is 0 Å². The summed E-state index contributed by atoms with van der Waals surface area (Å²) >= 11 is 2.08. The number of nitrogens with zero attached hydrogens (tertiary/aromatic N) is 1. The van der Waals surface area contributed by atoms with Crippen molar-refractivity contribution in [1.29, 1.82) is 0 Å². The Morgan fingerprint density at radius 1 is 1.33 bits per heavy atom. The van der Waals surface area contributed by atoms with E-state index in [0.717, 1.165) is 18.4 Å². The number of nitrogens with two attached hydrogens (primary N) is 1. The second-order valence-corrected chi connectivity index (χ2v) is 6.66. The molecule has 0 amide bonds. The minimum absolute atomic E-state index is 0.385. The van der Waals surface area contributed by atoms with Gasteiger partial charge in [0.15, 0.2) is 0 Å². The monoisotopic (exact) mass is 228 g/mol. The summed E-state index contributed by atoms with van der Waals surface area (Å²) in [6.45, 7) is 8.06. The van der Waals surface area contributed by atoms with Gasteiger partial charge in [-0.25, -0.2) is 0 Å². The Kier molecular flexibility index (Phi) is 3.63. The molecule has 15 heavy (non-hydrogen) atoms. The Balaban J connectivity index is 1.93. The molecule has 2 fully saturated rings. The molecule has 0 unspecified atom stereocenters. The summed E-state index contributed by atoms with van der Waals surface area (Å²) < 4.78 is 0. The average Bonchev–Trinajstić information content (AvgIpc) is 2.18. The molecule has 0 radical (unpaired) electrons. The van der Waals surface area contributed by atoms with E-state index in [-0.39, 0.29) is 0 Å². The van der Waals surface area contributed by atoms with Crippen molar-refractivity contribution in [3.05, 3.63) is 0 Å². The summed E-state index contributed by atoms with van der Waals surface area (Å²) in [5.74, 6) is 4.36. The molecule has 1 heterocycles. The predicted molar refractivity (Wildman–Crippen MR) is 68.2 cm³/mol. The number of thioether (sulfide) groups is 1. The molecule has 3 heteroatoms. The van der Waals surface area contributed by atoms with Crippen LogP contribution in [0.15, 0.2) is 0 Å². The first-order valence-electron chi connectivity index (χ1n) is 6.21. The van der Waals surface area contributed by atoms with E-state index in [1.54, 1.807) is 0 Å². The van der Waals surface area contributed by atoms with Gasteiger partial charge >= 0.3 is 0 Å². The predicted octanol–water partition coefficient (Wildman–Crippen LogP) is 1.80. The topological polar surface area (TPSA) is 29.3 Å². The molecule has 0 aromatic heterocycles. The summed E-state index contributed by atoms with van der Waals surface area (Å²) in [6, 6.07) is 0. The number of rotatable bonds is 3. The van der Waals surface area contributed by atoms with Crippen molar-refractivity contribution in [2.45, 2.75) is 32.2 Å². The van der Waals surface area contributed by atoms with Crippen molar-refractivity contribution in [2.75, 3.05) is 31.1 Å². The highest BCUT2D eigenvalue weighted by Gasteiger charge is 2.48. The zero-order valence-corrected chi connectivity index (χ0v) is 10.9. The van der Waals surface area contributed by atoms with Crippen LogP contribution < -0.4 is 5.73 Å². The van der Waals surface area contributed by atoms with Crippen molar-refractivity contribution in [1.82, 2.24) is 4.90 Å². The van der Waals surface area contributed by atoms with Gasteiger partial charge in [-0.3, -0.25) is 4.90 Å². The third kappa shape index (κ3) is 2.20. The van der Waals surface area contributed by atoms with Gasteiger partial charge in [0.05, 0.1) is 0 Å². The Morgan fingerprint density at radius 2 is 1.93 bits per heavy atom. The molecule has 1 aliphatic carbocycles. The molecule has 88 valence electrons. The third-order valence-electron chi connectivity index (χ3n) is 4.29. The maximum Gasteiger partial charge on any atom is 0.0337 e. The molecular weight excluding hydrogens is 204 g/mol. The molecular formula is C12H24N2S. The smallest absolute Gasteiger partial charge is 0.0337 e. The van der Waals surface area contributed by atoms with Crippen LogP contribution in [-0.2, 0) is 0 Å². The Hall–Kier alpha value is 0.270. The highest BCUT2D eigenvalue weighted by Crippen LogP contribution is 2.46. The van der Waals surface area contributed by atoms with E-state index in [1.807, 2.05) is 0 Å². The first kappa shape index (κ1) is 11.7. The first-order chi connectivity index (χ1) is 7.18. The van der Waals surface area contributed by atoms with Gasteiger partial charge in [0.2, 0.25) is 0 Å². The van der Waals surface area contributed by atoms with Gasteiger partial charge in [-0.05, 0) is 24.7 Å². The SMILES string of the molecule is CC(C)C1CC(CN)(N2CCSCC2)C1. The zero-order chi connectivity index (χ0) is 10.9. The van der Waals surface area contributed by atoms with Crippen molar-refractivity contribution in [3.8, 4) is 0 Å². The summed E-state index contributed by atoms with van der Waals surface area (Å²) in [5.41, 5.74) is 6.40. The van der Waals surface area contributed by atoms with Gasteiger partial charge in [-0.15, -0.1) is 0 Å². The maximum atomic E-state index is 6.01. The summed E-state index contributed by atoms with van der Waals surface area (Å²) in [7, 11) is 0. The van der Waals surface area contributed by atoms with E-state index < -0.39 is 0 Å². The maximum absolute atomic E-state index is 6.01. The normalized spacial score (nSPS) is 38.0. The molecule has 2 aliphatic rings. The zero-order valence-electron chi connectivity index (χ0n) is 10.0. The molecule has 1 aliphatic heterocycles. The lowest BCUT2D eigenvalue weighted by molar-refractivity contribution is -0.0295. The second-order valence-electron chi connectivity index (χ2n) is 5.44. The van der Waals surface area contributed by atoms with Crippen LogP contribution in [0.3, 0.4) is 0 Å². The van der Waals surface area contributed by atoms with Crippen LogP contribution >= 0.6 is 11.8 Å². The van der Waals surface area contributed by atoms with Crippen LogP contribution in [-0.4, -0.2) is 41.6 Å². The minimum atomic E-state index is 0.385. The van der Waals surface area contributed by atoms with Gasteiger partial charge in [0.25, 0.3) is 0 Å². The van der Waals surface area contributed by atoms with Gasteiger partial charge in [-0.2, -0.15) is 11.8 Å². The molecule has 0 spiro atoms. The lowest BCUT2D eigenvalue weighted by Gasteiger charge is -2.56. The molecule has 0 bridgehead atoms.